The Labute approximate surface area is 154 Å². The molecule has 1 fully saturated rings. The molecule has 1 aliphatic rings. The van der Waals surface area contributed by atoms with Crippen LogP contribution in [0.25, 0.3) is 11.0 Å². The van der Waals surface area contributed by atoms with Crippen LogP contribution in [0.2, 0.25) is 0 Å². The van der Waals surface area contributed by atoms with Crippen LogP contribution in [0.15, 0.2) is 33.5 Å². The van der Waals surface area contributed by atoms with Gasteiger partial charge >= 0.3 is 5.63 Å². The Hall–Kier alpha value is -2.46. The number of aliphatic hydroxyl groups excluding tert-OH is 3. The van der Waals surface area contributed by atoms with E-state index in [0.717, 1.165) is 0 Å². The summed E-state index contributed by atoms with van der Waals surface area (Å²) in [7, 11) is 0. The van der Waals surface area contributed by atoms with Gasteiger partial charge in [-0.15, -0.1) is 0 Å². The molecule has 2 heterocycles. The fourth-order valence-corrected chi connectivity index (χ4v) is 2.97. The molecule has 9 heteroatoms. The van der Waals surface area contributed by atoms with Crippen LogP contribution in [0.5, 0.6) is 5.75 Å². The molecule has 0 bridgehead atoms. The number of amides is 1. The third-order valence-electron chi connectivity index (χ3n) is 4.38. The lowest BCUT2D eigenvalue weighted by Gasteiger charge is -2.42. The number of nitrogens with one attached hydrogen (secondary N) is 1. The number of ether oxygens (including phenoxy) is 2. The molecule has 3 rings (SSSR count). The monoisotopic (exact) mass is 379 g/mol. The molecule has 5 atom stereocenters. The fourth-order valence-electron chi connectivity index (χ4n) is 2.97. The zero-order valence-corrected chi connectivity index (χ0v) is 14.8. The lowest BCUT2D eigenvalue weighted by Crippen LogP contribution is -2.65. The third kappa shape index (κ3) is 3.96. The van der Waals surface area contributed by atoms with Gasteiger partial charge in [-0.3, -0.25) is 4.79 Å². The van der Waals surface area contributed by atoms with Crippen molar-refractivity contribution in [3.05, 3.63) is 40.2 Å². The van der Waals surface area contributed by atoms with Crippen LogP contribution in [-0.2, 0) is 9.53 Å². The number of aliphatic hydroxyl groups is 3. The van der Waals surface area contributed by atoms with E-state index in [1.165, 1.54) is 13.0 Å². The SMILES string of the molecule is CC(=O)N[C@H]1[C@H](Oc2ccc3cc(C)c(=O)oc3c2)O[C@H](CO)[C@@H](O)[C@@H]1O. The Kier molecular flexibility index (Phi) is 5.47. The van der Waals surface area contributed by atoms with Crippen molar-refractivity contribution in [3.8, 4) is 5.75 Å². The highest BCUT2D eigenvalue weighted by molar-refractivity contribution is 5.78. The predicted molar refractivity (Wildman–Crippen MR) is 93.2 cm³/mol. The summed E-state index contributed by atoms with van der Waals surface area (Å²) >= 11 is 0. The molecule has 27 heavy (non-hydrogen) atoms. The summed E-state index contributed by atoms with van der Waals surface area (Å²) in [6.45, 7) is 2.35. The number of hydrogen-bond donors (Lipinski definition) is 4. The van der Waals surface area contributed by atoms with Gasteiger partial charge in [0.2, 0.25) is 12.2 Å². The van der Waals surface area contributed by atoms with E-state index >= 15 is 0 Å². The van der Waals surface area contributed by atoms with Gasteiger partial charge in [-0.1, -0.05) is 0 Å². The minimum atomic E-state index is -1.41. The maximum absolute atomic E-state index is 11.7. The Morgan fingerprint density at radius 2 is 2.00 bits per heavy atom. The maximum Gasteiger partial charge on any atom is 0.339 e. The second-order valence-corrected chi connectivity index (χ2v) is 6.47. The number of benzene rings is 1. The number of carbonyl (C=O) groups excluding carboxylic acids is 1. The molecule has 0 aliphatic carbocycles. The fraction of sp³-hybridized carbons (Fsp3) is 0.444. The van der Waals surface area contributed by atoms with Crippen LogP contribution in [-0.4, -0.2) is 58.5 Å². The second-order valence-electron chi connectivity index (χ2n) is 6.47. The van der Waals surface area contributed by atoms with Gasteiger partial charge in [0.05, 0.1) is 6.61 Å². The smallest absolute Gasteiger partial charge is 0.339 e. The number of carbonyl (C=O) groups is 1. The first kappa shape index (κ1) is 19.3. The summed E-state index contributed by atoms with van der Waals surface area (Å²) in [6.07, 6.45) is -5.08. The van der Waals surface area contributed by atoms with E-state index in [0.29, 0.717) is 16.5 Å². The van der Waals surface area contributed by atoms with E-state index in [1.54, 1.807) is 25.1 Å². The molecule has 4 N–H and O–H groups in total. The summed E-state index contributed by atoms with van der Waals surface area (Å²) in [4.78, 5) is 23.1. The Morgan fingerprint density at radius 3 is 2.67 bits per heavy atom. The van der Waals surface area contributed by atoms with Crippen LogP contribution < -0.4 is 15.7 Å². The summed E-state index contributed by atoms with van der Waals surface area (Å²) < 4.78 is 16.4. The Balaban J connectivity index is 1.90. The van der Waals surface area contributed by atoms with Gasteiger partial charge in [0.1, 0.15) is 35.7 Å². The highest BCUT2D eigenvalue weighted by Gasteiger charge is 2.46. The van der Waals surface area contributed by atoms with E-state index < -0.39 is 48.8 Å². The highest BCUT2D eigenvalue weighted by Crippen LogP contribution is 2.26. The standard InChI is InChI=1S/C18H21NO8/c1-8-5-10-3-4-11(6-12(10)26-17(8)24)25-18-14(19-9(2)21)16(23)15(22)13(7-20)27-18/h3-6,13-16,18,20,22-23H,7H2,1-2H3,(H,19,21)/t13-,14-,15-,16-,18-/m1/s1. The van der Waals surface area contributed by atoms with Crippen molar-refractivity contribution < 1.29 is 34.0 Å². The molecule has 1 aromatic heterocycles. The molecule has 0 spiro atoms. The quantitative estimate of drug-likeness (QED) is 0.518. The lowest BCUT2D eigenvalue weighted by molar-refractivity contribution is -0.244. The van der Waals surface area contributed by atoms with E-state index in [2.05, 4.69) is 5.32 Å². The van der Waals surface area contributed by atoms with Crippen LogP contribution in [0, 0.1) is 6.92 Å². The van der Waals surface area contributed by atoms with Crippen molar-refractivity contribution in [3.63, 3.8) is 0 Å². The minimum absolute atomic E-state index is 0.259. The van der Waals surface area contributed by atoms with Gasteiger partial charge in [0.15, 0.2) is 0 Å². The molecule has 1 aliphatic heterocycles. The van der Waals surface area contributed by atoms with Crippen molar-refractivity contribution in [2.24, 2.45) is 0 Å². The van der Waals surface area contributed by atoms with Gasteiger partial charge < -0.3 is 34.5 Å². The van der Waals surface area contributed by atoms with E-state index in [-0.39, 0.29) is 5.75 Å². The molecule has 0 unspecified atom stereocenters. The van der Waals surface area contributed by atoms with Crippen LogP contribution in [0.3, 0.4) is 0 Å². The second kappa shape index (κ2) is 7.65. The highest BCUT2D eigenvalue weighted by atomic mass is 16.7. The van der Waals surface area contributed by atoms with Crippen LogP contribution in [0.1, 0.15) is 12.5 Å². The summed E-state index contributed by atoms with van der Waals surface area (Å²) in [5.41, 5.74) is 0.304. The topological polar surface area (TPSA) is 138 Å². The van der Waals surface area contributed by atoms with Gasteiger partial charge in [0, 0.05) is 23.9 Å². The third-order valence-corrected chi connectivity index (χ3v) is 4.38. The van der Waals surface area contributed by atoms with Crippen molar-refractivity contribution >= 4 is 16.9 Å². The molecule has 9 nitrogen and oxygen atoms in total. The van der Waals surface area contributed by atoms with E-state index in [1.807, 2.05) is 0 Å². The first-order valence-corrected chi connectivity index (χ1v) is 8.41. The normalized spacial score (nSPS) is 28.1. The Morgan fingerprint density at radius 1 is 1.26 bits per heavy atom. The van der Waals surface area contributed by atoms with Crippen LogP contribution >= 0.6 is 0 Å². The summed E-state index contributed by atoms with van der Waals surface area (Å²) in [5.74, 6) is -0.194. The molecule has 2 aromatic rings. The molecule has 1 aromatic carbocycles. The van der Waals surface area contributed by atoms with E-state index in [9.17, 15) is 24.9 Å². The van der Waals surface area contributed by atoms with Crippen molar-refractivity contribution in [2.45, 2.75) is 44.5 Å². The molecular formula is C18H21NO8. The van der Waals surface area contributed by atoms with Gasteiger partial charge in [-0.25, -0.2) is 4.79 Å². The van der Waals surface area contributed by atoms with Crippen molar-refractivity contribution in [1.82, 2.24) is 5.32 Å². The average Bonchev–Trinajstić information content (AvgIpc) is 2.62. The molecule has 0 saturated carbocycles. The van der Waals surface area contributed by atoms with Gasteiger partial charge in [0.25, 0.3) is 0 Å². The zero-order valence-electron chi connectivity index (χ0n) is 14.8. The maximum atomic E-state index is 11.7. The van der Waals surface area contributed by atoms with Crippen molar-refractivity contribution in [1.29, 1.82) is 0 Å². The lowest BCUT2D eigenvalue weighted by atomic mass is 9.97. The van der Waals surface area contributed by atoms with Gasteiger partial charge in [-0.05, 0) is 25.1 Å². The van der Waals surface area contributed by atoms with Crippen molar-refractivity contribution in [2.75, 3.05) is 6.61 Å². The largest absolute Gasteiger partial charge is 0.462 e. The van der Waals surface area contributed by atoms with Gasteiger partial charge in [-0.2, -0.15) is 0 Å². The number of fused-ring (bicyclic) bond motifs is 1. The molecule has 1 amide bonds. The molecule has 146 valence electrons. The molecular weight excluding hydrogens is 358 g/mol. The number of aryl methyl sites for hydroxylation is 1. The van der Waals surface area contributed by atoms with E-state index in [4.69, 9.17) is 13.9 Å². The summed E-state index contributed by atoms with van der Waals surface area (Å²) in [6, 6.07) is 5.40. The zero-order chi connectivity index (χ0) is 19.7. The molecule has 0 radical (unpaired) electrons. The first-order valence-electron chi connectivity index (χ1n) is 8.41. The van der Waals surface area contributed by atoms with Crippen LogP contribution in [0.4, 0.5) is 0 Å². The average molecular weight is 379 g/mol. The minimum Gasteiger partial charge on any atom is -0.462 e. The first-order chi connectivity index (χ1) is 12.8. The number of hydrogen-bond acceptors (Lipinski definition) is 8. The molecule has 1 saturated heterocycles. The predicted octanol–water partition coefficient (Wildman–Crippen LogP) is -0.576. The number of rotatable bonds is 4. The Bertz CT molecular complexity index is 895. The summed E-state index contributed by atoms with van der Waals surface area (Å²) in [5, 5.41) is 32.8.